The van der Waals surface area contributed by atoms with Crippen LogP contribution >= 0.6 is 11.3 Å². The van der Waals surface area contributed by atoms with Crippen molar-refractivity contribution in [1.82, 2.24) is 10.3 Å². The molecule has 0 aliphatic rings. The maximum atomic E-state index is 12.0. The van der Waals surface area contributed by atoms with Crippen LogP contribution < -0.4 is 5.32 Å². The molecule has 2 N–H and O–H groups in total. The Bertz CT molecular complexity index is 445. The lowest BCUT2D eigenvalue weighted by Crippen LogP contribution is -2.44. The van der Waals surface area contributed by atoms with Crippen molar-refractivity contribution in [2.45, 2.75) is 46.1 Å². The summed E-state index contributed by atoms with van der Waals surface area (Å²) >= 11 is 1.32. The van der Waals surface area contributed by atoms with Gasteiger partial charge >= 0.3 is 5.97 Å². The number of aromatic nitrogens is 1. The fraction of sp³-hybridized carbons (Fsp3) is 0.615. The zero-order chi connectivity index (χ0) is 14.4. The molecule has 0 aliphatic carbocycles. The summed E-state index contributed by atoms with van der Waals surface area (Å²) in [5, 5.41) is 12.6. The summed E-state index contributed by atoms with van der Waals surface area (Å²) in [5.74, 6) is -1.46. The van der Waals surface area contributed by atoms with Gasteiger partial charge in [0.25, 0.3) is 5.91 Å². The lowest BCUT2D eigenvalue weighted by Gasteiger charge is -2.19. The molecule has 1 heterocycles. The van der Waals surface area contributed by atoms with Gasteiger partial charge in [0.05, 0.1) is 11.2 Å². The molecule has 1 aromatic rings. The molecule has 0 unspecified atom stereocenters. The van der Waals surface area contributed by atoms with E-state index in [1.165, 1.54) is 17.5 Å². The molecule has 0 aliphatic heterocycles. The van der Waals surface area contributed by atoms with E-state index in [1.54, 1.807) is 0 Å². The van der Waals surface area contributed by atoms with Crippen molar-refractivity contribution >= 4 is 23.2 Å². The van der Waals surface area contributed by atoms with Gasteiger partial charge in [0.1, 0.15) is 10.9 Å². The first-order valence-corrected chi connectivity index (χ1v) is 7.29. The van der Waals surface area contributed by atoms with E-state index < -0.39 is 12.0 Å². The monoisotopic (exact) mass is 284 g/mol. The van der Waals surface area contributed by atoms with Gasteiger partial charge in [-0.3, -0.25) is 4.79 Å². The number of aliphatic carboxylic acids is 1. The molecule has 0 spiro atoms. The van der Waals surface area contributed by atoms with Gasteiger partial charge in [0, 0.05) is 0 Å². The minimum absolute atomic E-state index is 0.107. The molecular formula is C13H20N2O3S. The Kier molecular flexibility index (Phi) is 5.95. The normalized spacial score (nSPS) is 13.8. The Morgan fingerprint density at radius 2 is 2.16 bits per heavy atom. The number of aryl methyl sites for hydroxylation is 1. The standard InChI is InChI=1S/C13H20N2O3S/c1-4-6-10-14-7-9(19-10)12(16)15-11(13(17)18)8(3)5-2/h7-8,11H,4-6H2,1-3H3,(H,15,16)(H,17,18)/t8-,11-/m0/s1. The van der Waals surface area contributed by atoms with Gasteiger partial charge < -0.3 is 10.4 Å². The Morgan fingerprint density at radius 3 is 2.68 bits per heavy atom. The Balaban J connectivity index is 2.73. The van der Waals surface area contributed by atoms with E-state index in [0.717, 1.165) is 17.8 Å². The van der Waals surface area contributed by atoms with Crippen molar-refractivity contribution in [1.29, 1.82) is 0 Å². The zero-order valence-electron chi connectivity index (χ0n) is 11.5. The summed E-state index contributed by atoms with van der Waals surface area (Å²) in [5.41, 5.74) is 0. The maximum Gasteiger partial charge on any atom is 0.326 e. The number of carbonyl (C=O) groups excluding carboxylic acids is 1. The minimum Gasteiger partial charge on any atom is -0.480 e. The lowest BCUT2D eigenvalue weighted by atomic mass is 9.99. The van der Waals surface area contributed by atoms with Crippen LogP contribution in [0.3, 0.4) is 0 Å². The molecule has 0 saturated carbocycles. The summed E-state index contributed by atoms with van der Waals surface area (Å²) in [7, 11) is 0. The van der Waals surface area contributed by atoms with Crippen molar-refractivity contribution in [3.63, 3.8) is 0 Å². The highest BCUT2D eigenvalue weighted by molar-refractivity contribution is 7.13. The molecule has 0 radical (unpaired) electrons. The predicted molar refractivity (Wildman–Crippen MR) is 74.5 cm³/mol. The second-order valence-electron chi connectivity index (χ2n) is 4.54. The average Bonchev–Trinajstić information content (AvgIpc) is 2.83. The molecular weight excluding hydrogens is 264 g/mol. The molecule has 1 aromatic heterocycles. The quantitative estimate of drug-likeness (QED) is 0.805. The summed E-state index contributed by atoms with van der Waals surface area (Å²) in [6.45, 7) is 5.76. The molecule has 5 nitrogen and oxygen atoms in total. The molecule has 19 heavy (non-hydrogen) atoms. The number of hydrogen-bond acceptors (Lipinski definition) is 4. The van der Waals surface area contributed by atoms with Gasteiger partial charge in [-0.15, -0.1) is 11.3 Å². The van der Waals surface area contributed by atoms with E-state index >= 15 is 0 Å². The van der Waals surface area contributed by atoms with Crippen LogP contribution in [-0.4, -0.2) is 28.0 Å². The Morgan fingerprint density at radius 1 is 1.47 bits per heavy atom. The number of rotatable bonds is 7. The average molecular weight is 284 g/mol. The predicted octanol–water partition coefficient (Wildman–Crippen LogP) is 2.32. The van der Waals surface area contributed by atoms with E-state index in [2.05, 4.69) is 10.3 Å². The van der Waals surface area contributed by atoms with E-state index in [9.17, 15) is 9.59 Å². The van der Waals surface area contributed by atoms with Crippen LogP contribution in [0.15, 0.2) is 6.20 Å². The molecule has 106 valence electrons. The molecule has 1 rings (SSSR count). The van der Waals surface area contributed by atoms with Gasteiger partial charge in [-0.1, -0.05) is 27.2 Å². The van der Waals surface area contributed by atoms with Crippen LogP contribution in [0.4, 0.5) is 0 Å². The minimum atomic E-state index is -0.999. The molecule has 0 fully saturated rings. The highest BCUT2D eigenvalue weighted by Gasteiger charge is 2.26. The molecule has 0 saturated heterocycles. The first kappa shape index (κ1) is 15.6. The second-order valence-corrected chi connectivity index (χ2v) is 5.66. The fourth-order valence-electron chi connectivity index (χ4n) is 1.64. The van der Waals surface area contributed by atoms with Gasteiger partial charge in [0.2, 0.25) is 0 Å². The maximum absolute atomic E-state index is 12.0. The van der Waals surface area contributed by atoms with Gasteiger partial charge in [-0.05, 0) is 18.8 Å². The van der Waals surface area contributed by atoms with Crippen molar-refractivity contribution in [2.24, 2.45) is 5.92 Å². The summed E-state index contributed by atoms with van der Waals surface area (Å²) in [6, 6.07) is -0.853. The first-order valence-electron chi connectivity index (χ1n) is 6.47. The third kappa shape index (κ3) is 4.31. The van der Waals surface area contributed by atoms with Crippen LogP contribution in [0.25, 0.3) is 0 Å². The van der Waals surface area contributed by atoms with Crippen LogP contribution in [0.2, 0.25) is 0 Å². The van der Waals surface area contributed by atoms with Crippen molar-refractivity contribution in [3.8, 4) is 0 Å². The number of hydrogen-bond donors (Lipinski definition) is 2. The van der Waals surface area contributed by atoms with Gasteiger partial charge in [-0.25, -0.2) is 9.78 Å². The van der Waals surface area contributed by atoms with Gasteiger partial charge in [-0.2, -0.15) is 0 Å². The van der Waals surface area contributed by atoms with E-state index in [1.807, 2.05) is 20.8 Å². The highest BCUT2D eigenvalue weighted by atomic mass is 32.1. The zero-order valence-corrected chi connectivity index (χ0v) is 12.3. The summed E-state index contributed by atoms with van der Waals surface area (Å²) in [4.78, 5) is 27.8. The smallest absolute Gasteiger partial charge is 0.326 e. The number of carboxylic acid groups (broad SMARTS) is 1. The topological polar surface area (TPSA) is 79.3 Å². The number of carboxylic acids is 1. The Hall–Kier alpha value is -1.43. The Labute approximate surface area is 117 Å². The molecule has 2 atom stereocenters. The highest BCUT2D eigenvalue weighted by Crippen LogP contribution is 2.16. The van der Waals surface area contributed by atoms with E-state index in [0.29, 0.717) is 11.3 Å². The van der Waals surface area contributed by atoms with Gasteiger partial charge in [0.15, 0.2) is 0 Å². The lowest BCUT2D eigenvalue weighted by molar-refractivity contribution is -0.140. The molecule has 1 amide bonds. The first-order chi connectivity index (χ1) is 8.99. The van der Waals surface area contributed by atoms with Crippen molar-refractivity contribution in [2.75, 3.05) is 0 Å². The number of nitrogens with zero attached hydrogens (tertiary/aromatic N) is 1. The molecule has 0 bridgehead atoms. The number of nitrogens with one attached hydrogen (secondary N) is 1. The van der Waals surface area contributed by atoms with Crippen LogP contribution in [0.1, 0.15) is 48.3 Å². The number of amides is 1. The fourth-order valence-corrected chi connectivity index (χ4v) is 2.56. The summed E-state index contributed by atoms with van der Waals surface area (Å²) in [6.07, 6.45) is 4.02. The SMILES string of the molecule is CCCc1ncc(C(=O)N[C@H](C(=O)O)[C@@H](C)CC)s1. The van der Waals surface area contributed by atoms with E-state index in [-0.39, 0.29) is 11.8 Å². The third-order valence-corrected chi connectivity index (χ3v) is 4.06. The van der Waals surface area contributed by atoms with Crippen LogP contribution in [0.5, 0.6) is 0 Å². The van der Waals surface area contributed by atoms with Crippen LogP contribution in [-0.2, 0) is 11.2 Å². The van der Waals surface area contributed by atoms with E-state index in [4.69, 9.17) is 5.11 Å². The van der Waals surface area contributed by atoms with Crippen molar-refractivity contribution < 1.29 is 14.7 Å². The molecule has 0 aromatic carbocycles. The van der Waals surface area contributed by atoms with Crippen molar-refractivity contribution in [3.05, 3.63) is 16.1 Å². The summed E-state index contributed by atoms with van der Waals surface area (Å²) < 4.78 is 0. The third-order valence-electron chi connectivity index (χ3n) is 3.01. The number of thiazole rings is 1. The largest absolute Gasteiger partial charge is 0.480 e. The van der Waals surface area contributed by atoms with Crippen LogP contribution in [0, 0.1) is 5.92 Å². The number of carbonyl (C=O) groups is 2. The second kappa shape index (κ2) is 7.23. The molecule has 6 heteroatoms.